The molecule has 13 heavy (non-hydrogen) atoms. The molecule has 0 saturated carbocycles. The van der Waals surface area contributed by atoms with Gasteiger partial charge < -0.3 is 4.57 Å². The molecular weight excluding hydrogens is 186 g/mol. The van der Waals surface area contributed by atoms with Crippen LogP contribution in [-0.2, 0) is 13.6 Å². The lowest BCUT2D eigenvalue weighted by Gasteiger charge is -1.98. The Labute approximate surface area is 81.4 Å². The Hall–Kier alpha value is -1.06. The standard InChI is InChI=1S/C9H10ClN3/c1-13-6-11-8-4-7(5-12-10)2-3-9(8)13/h2-4,6,12H,5H2,1H3. The smallest absolute Gasteiger partial charge is 0.0955 e. The van der Waals surface area contributed by atoms with Crippen molar-refractivity contribution in [3.8, 4) is 0 Å². The van der Waals surface area contributed by atoms with Crippen molar-refractivity contribution in [1.29, 1.82) is 0 Å². The lowest BCUT2D eigenvalue weighted by Crippen LogP contribution is -1.97. The maximum Gasteiger partial charge on any atom is 0.0955 e. The third-order valence-corrected chi connectivity index (χ3v) is 2.19. The molecule has 0 radical (unpaired) electrons. The van der Waals surface area contributed by atoms with Crippen LogP contribution in [0.3, 0.4) is 0 Å². The van der Waals surface area contributed by atoms with Crippen LogP contribution in [0.1, 0.15) is 5.56 Å². The van der Waals surface area contributed by atoms with E-state index in [1.807, 2.05) is 36.1 Å². The summed E-state index contributed by atoms with van der Waals surface area (Å²) in [7, 11) is 1.98. The maximum absolute atomic E-state index is 5.42. The number of benzene rings is 1. The van der Waals surface area contributed by atoms with Gasteiger partial charge in [0.25, 0.3) is 0 Å². The first-order chi connectivity index (χ1) is 6.31. The average Bonchev–Trinajstić information content (AvgIpc) is 2.48. The Morgan fingerprint density at radius 2 is 2.38 bits per heavy atom. The van der Waals surface area contributed by atoms with Gasteiger partial charge in [-0.3, -0.25) is 0 Å². The molecule has 0 saturated heterocycles. The molecule has 1 aromatic carbocycles. The van der Waals surface area contributed by atoms with Gasteiger partial charge in [-0.25, -0.2) is 9.82 Å². The van der Waals surface area contributed by atoms with Gasteiger partial charge in [0.15, 0.2) is 0 Å². The van der Waals surface area contributed by atoms with Gasteiger partial charge in [0.1, 0.15) is 0 Å². The second kappa shape index (κ2) is 3.36. The Morgan fingerprint density at radius 1 is 1.54 bits per heavy atom. The Balaban J connectivity index is 2.50. The van der Waals surface area contributed by atoms with Gasteiger partial charge in [0.05, 0.1) is 17.4 Å². The number of hydrogen-bond donors (Lipinski definition) is 1. The highest BCUT2D eigenvalue weighted by molar-refractivity contribution is 6.13. The zero-order valence-electron chi connectivity index (χ0n) is 7.29. The Bertz CT molecular complexity index is 422. The highest BCUT2D eigenvalue weighted by Gasteiger charge is 1.99. The van der Waals surface area contributed by atoms with Crippen LogP contribution in [0.15, 0.2) is 24.5 Å². The molecule has 0 spiro atoms. The van der Waals surface area contributed by atoms with Gasteiger partial charge >= 0.3 is 0 Å². The van der Waals surface area contributed by atoms with Crippen molar-refractivity contribution in [1.82, 2.24) is 14.4 Å². The molecule has 4 heteroatoms. The van der Waals surface area contributed by atoms with E-state index in [1.165, 1.54) is 0 Å². The van der Waals surface area contributed by atoms with Crippen molar-refractivity contribution in [2.45, 2.75) is 6.54 Å². The van der Waals surface area contributed by atoms with E-state index < -0.39 is 0 Å². The monoisotopic (exact) mass is 195 g/mol. The molecule has 0 atom stereocenters. The van der Waals surface area contributed by atoms with Gasteiger partial charge in [-0.15, -0.1) is 0 Å². The van der Waals surface area contributed by atoms with Crippen LogP contribution >= 0.6 is 11.8 Å². The fourth-order valence-electron chi connectivity index (χ4n) is 1.37. The zero-order chi connectivity index (χ0) is 9.26. The van der Waals surface area contributed by atoms with Crippen LogP contribution in [-0.4, -0.2) is 9.55 Å². The predicted octanol–water partition coefficient (Wildman–Crippen LogP) is 1.82. The molecule has 0 aliphatic heterocycles. The Kier molecular flexibility index (Phi) is 2.20. The van der Waals surface area contributed by atoms with Crippen LogP contribution < -0.4 is 4.84 Å². The van der Waals surface area contributed by atoms with Crippen molar-refractivity contribution in [2.75, 3.05) is 0 Å². The number of imidazole rings is 1. The largest absolute Gasteiger partial charge is 0.334 e. The molecule has 0 aliphatic carbocycles. The summed E-state index contributed by atoms with van der Waals surface area (Å²) in [5.41, 5.74) is 3.28. The summed E-state index contributed by atoms with van der Waals surface area (Å²) in [6, 6.07) is 6.12. The first-order valence-corrected chi connectivity index (χ1v) is 4.42. The molecule has 1 heterocycles. The molecule has 68 valence electrons. The second-order valence-corrected chi connectivity index (χ2v) is 3.26. The summed E-state index contributed by atoms with van der Waals surface area (Å²) in [5, 5.41) is 0. The quantitative estimate of drug-likeness (QED) is 0.741. The summed E-state index contributed by atoms with van der Waals surface area (Å²) < 4.78 is 1.99. The third kappa shape index (κ3) is 1.53. The van der Waals surface area contributed by atoms with Gasteiger partial charge in [-0.05, 0) is 29.5 Å². The minimum Gasteiger partial charge on any atom is -0.334 e. The summed E-state index contributed by atoms with van der Waals surface area (Å²) >= 11 is 5.42. The second-order valence-electron chi connectivity index (χ2n) is 2.99. The molecule has 0 fully saturated rings. The van der Waals surface area contributed by atoms with Crippen molar-refractivity contribution < 1.29 is 0 Å². The third-order valence-electron chi connectivity index (χ3n) is 2.06. The highest BCUT2D eigenvalue weighted by atomic mass is 35.5. The van der Waals surface area contributed by atoms with Crippen molar-refractivity contribution in [3.63, 3.8) is 0 Å². The van der Waals surface area contributed by atoms with E-state index in [4.69, 9.17) is 11.8 Å². The minimum atomic E-state index is 0.661. The normalized spacial score (nSPS) is 10.9. The highest BCUT2D eigenvalue weighted by Crippen LogP contribution is 2.13. The molecule has 0 aliphatic rings. The molecule has 1 N–H and O–H groups in total. The average molecular weight is 196 g/mol. The molecule has 0 amide bonds. The molecule has 0 unspecified atom stereocenters. The first kappa shape index (κ1) is 8.53. The predicted molar refractivity (Wildman–Crippen MR) is 53.4 cm³/mol. The lowest BCUT2D eigenvalue weighted by atomic mass is 10.2. The molecule has 0 bridgehead atoms. The number of aromatic nitrogens is 2. The van der Waals surface area contributed by atoms with Crippen molar-refractivity contribution in [2.24, 2.45) is 7.05 Å². The summed E-state index contributed by atoms with van der Waals surface area (Å²) in [6.45, 7) is 0.661. The number of halogens is 1. The van der Waals surface area contributed by atoms with Crippen molar-refractivity contribution >= 4 is 22.8 Å². The molecule has 1 aromatic heterocycles. The molecule has 2 aromatic rings. The summed E-state index contributed by atoms with van der Waals surface area (Å²) in [4.78, 5) is 6.85. The van der Waals surface area contributed by atoms with Crippen LogP contribution in [0.25, 0.3) is 11.0 Å². The van der Waals surface area contributed by atoms with E-state index in [1.54, 1.807) is 0 Å². The van der Waals surface area contributed by atoms with Crippen LogP contribution in [0.4, 0.5) is 0 Å². The number of nitrogens with zero attached hydrogens (tertiary/aromatic N) is 2. The topological polar surface area (TPSA) is 29.9 Å². The van der Waals surface area contributed by atoms with Gasteiger partial charge in [0.2, 0.25) is 0 Å². The van der Waals surface area contributed by atoms with Gasteiger partial charge in [-0.1, -0.05) is 6.07 Å². The minimum absolute atomic E-state index is 0.661. The molecule has 3 nitrogen and oxygen atoms in total. The van der Waals surface area contributed by atoms with Gasteiger partial charge in [-0.2, -0.15) is 0 Å². The fraction of sp³-hybridized carbons (Fsp3) is 0.222. The van der Waals surface area contributed by atoms with Crippen LogP contribution in [0.2, 0.25) is 0 Å². The van der Waals surface area contributed by atoms with E-state index in [2.05, 4.69) is 9.82 Å². The van der Waals surface area contributed by atoms with E-state index in [0.717, 1.165) is 16.6 Å². The number of hydrogen-bond acceptors (Lipinski definition) is 2. The summed E-state index contributed by atoms with van der Waals surface area (Å²) in [5.74, 6) is 0. The van der Waals surface area contributed by atoms with Crippen LogP contribution in [0.5, 0.6) is 0 Å². The van der Waals surface area contributed by atoms with Crippen molar-refractivity contribution in [3.05, 3.63) is 30.1 Å². The number of rotatable bonds is 2. The number of aryl methyl sites for hydroxylation is 1. The number of fused-ring (bicyclic) bond motifs is 1. The van der Waals surface area contributed by atoms with E-state index in [9.17, 15) is 0 Å². The fourth-order valence-corrected chi connectivity index (χ4v) is 1.52. The van der Waals surface area contributed by atoms with E-state index >= 15 is 0 Å². The van der Waals surface area contributed by atoms with E-state index in [0.29, 0.717) is 6.54 Å². The zero-order valence-corrected chi connectivity index (χ0v) is 8.04. The van der Waals surface area contributed by atoms with E-state index in [-0.39, 0.29) is 0 Å². The molecule has 2 rings (SSSR count). The molecular formula is C9H10ClN3. The van der Waals surface area contributed by atoms with Gasteiger partial charge in [0, 0.05) is 13.6 Å². The number of nitrogens with one attached hydrogen (secondary N) is 1. The summed E-state index contributed by atoms with van der Waals surface area (Å²) in [6.07, 6.45) is 1.81. The maximum atomic E-state index is 5.42. The SMILES string of the molecule is Cn1cnc2cc(CNCl)ccc21. The Morgan fingerprint density at radius 3 is 3.15 bits per heavy atom. The van der Waals surface area contributed by atoms with Crippen LogP contribution in [0, 0.1) is 0 Å². The lowest BCUT2D eigenvalue weighted by molar-refractivity contribution is 0.945. The first-order valence-electron chi connectivity index (χ1n) is 4.04.